The molecule has 41 heavy (non-hydrogen) atoms. The lowest BCUT2D eigenvalue weighted by molar-refractivity contribution is -0.172. The smallest absolute Gasteiger partial charge is 0.408 e. The Balaban J connectivity index is 1.43. The van der Waals surface area contributed by atoms with Crippen molar-refractivity contribution >= 4 is 23.0 Å². The van der Waals surface area contributed by atoms with Gasteiger partial charge < -0.3 is 29.7 Å². The molecule has 2 aromatic heterocycles. The largest absolute Gasteiger partial charge is 0.465 e. The van der Waals surface area contributed by atoms with Crippen LogP contribution in [0.15, 0.2) is 29.1 Å². The van der Waals surface area contributed by atoms with E-state index >= 15 is 0 Å². The van der Waals surface area contributed by atoms with Gasteiger partial charge in [0.25, 0.3) is 5.56 Å². The van der Waals surface area contributed by atoms with E-state index in [0.29, 0.717) is 48.7 Å². The number of aliphatic hydroxyl groups is 1. The Kier molecular flexibility index (Phi) is 5.64. The van der Waals surface area contributed by atoms with Gasteiger partial charge in [0, 0.05) is 42.2 Å². The summed E-state index contributed by atoms with van der Waals surface area (Å²) >= 11 is 0. The molecule has 2 bridgehead atoms. The number of hydrogen-bond donors (Lipinski definition) is 3. The predicted octanol–water partition coefficient (Wildman–Crippen LogP) is 2.08. The first-order chi connectivity index (χ1) is 19.6. The number of carboxylic acid groups (broad SMARTS) is 1. The van der Waals surface area contributed by atoms with Gasteiger partial charge in [0.05, 0.1) is 34.6 Å². The fourth-order valence-corrected chi connectivity index (χ4v) is 7.55. The number of nitrogens with one attached hydrogen (secondary N) is 1. The number of cyclic esters (lactones) is 1. The normalized spacial score (nSPS) is 26.2. The van der Waals surface area contributed by atoms with Crippen LogP contribution in [0.3, 0.4) is 0 Å². The fraction of sp³-hybridized carbons (Fsp3) is 0.467. The fourth-order valence-electron chi connectivity index (χ4n) is 7.55. The number of benzene rings is 1. The zero-order valence-corrected chi connectivity index (χ0v) is 23.4. The van der Waals surface area contributed by atoms with Gasteiger partial charge in [-0.2, -0.15) is 0 Å². The summed E-state index contributed by atoms with van der Waals surface area (Å²) in [6.45, 7) is 3.62. The quantitative estimate of drug-likeness (QED) is 0.321. The van der Waals surface area contributed by atoms with Crippen LogP contribution in [-0.2, 0) is 40.4 Å². The van der Waals surface area contributed by atoms with Crippen molar-refractivity contribution in [2.24, 2.45) is 0 Å². The molecule has 0 spiro atoms. The van der Waals surface area contributed by atoms with Crippen molar-refractivity contribution < 1.29 is 24.5 Å². The Morgan fingerprint density at radius 2 is 2.05 bits per heavy atom. The number of hydrogen-bond acceptors (Lipinski definition) is 8. The van der Waals surface area contributed by atoms with Gasteiger partial charge in [0.2, 0.25) is 0 Å². The van der Waals surface area contributed by atoms with E-state index in [1.807, 2.05) is 26.2 Å². The molecule has 214 valence electrons. The van der Waals surface area contributed by atoms with Crippen LogP contribution in [0.5, 0.6) is 0 Å². The molecule has 4 aliphatic heterocycles. The van der Waals surface area contributed by atoms with Crippen molar-refractivity contribution in [2.75, 3.05) is 27.2 Å². The summed E-state index contributed by atoms with van der Waals surface area (Å²) in [4.78, 5) is 47.3. The number of esters is 1. The summed E-state index contributed by atoms with van der Waals surface area (Å²) in [5, 5.41) is 25.8. The summed E-state index contributed by atoms with van der Waals surface area (Å²) in [5.74, 6) is -0.747. The highest BCUT2D eigenvalue weighted by Crippen LogP contribution is 2.47. The molecular formula is C30H33N5O6. The highest BCUT2D eigenvalue weighted by molar-refractivity contribution is 5.89. The van der Waals surface area contributed by atoms with Crippen LogP contribution in [0.2, 0.25) is 0 Å². The minimum atomic E-state index is -1.88. The van der Waals surface area contributed by atoms with Crippen LogP contribution in [0.1, 0.15) is 54.0 Å². The minimum absolute atomic E-state index is 0.0627. The van der Waals surface area contributed by atoms with Crippen LogP contribution in [0, 0.1) is 0 Å². The molecule has 4 aliphatic rings. The van der Waals surface area contributed by atoms with Gasteiger partial charge in [-0.15, -0.1) is 0 Å². The van der Waals surface area contributed by atoms with Gasteiger partial charge in [-0.05, 0) is 62.7 Å². The van der Waals surface area contributed by atoms with Crippen LogP contribution < -0.4 is 10.9 Å². The monoisotopic (exact) mass is 559 g/mol. The first kappa shape index (κ1) is 26.1. The summed E-state index contributed by atoms with van der Waals surface area (Å²) < 4.78 is 6.82. The highest BCUT2D eigenvalue weighted by atomic mass is 16.6. The van der Waals surface area contributed by atoms with Crippen molar-refractivity contribution in [1.82, 2.24) is 24.7 Å². The minimum Gasteiger partial charge on any atom is -0.465 e. The molecule has 0 aliphatic carbocycles. The third kappa shape index (κ3) is 3.49. The van der Waals surface area contributed by atoms with Gasteiger partial charge in [-0.25, -0.2) is 14.6 Å². The second-order valence-corrected chi connectivity index (χ2v) is 12.0. The van der Waals surface area contributed by atoms with E-state index in [9.17, 15) is 24.6 Å². The van der Waals surface area contributed by atoms with E-state index < -0.39 is 23.2 Å². The summed E-state index contributed by atoms with van der Waals surface area (Å²) in [6, 6.07) is 7.69. The van der Waals surface area contributed by atoms with Crippen LogP contribution in [-0.4, -0.2) is 74.9 Å². The number of carbonyl (C=O) groups is 2. The van der Waals surface area contributed by atoms with E-state index in [4.69, 9.17) is 9.72 Å². The second-order valence-electron chi connectivity index (χ2n) is 12.0. The maximum Gasteiger partial charge on any atom is 0.408 e. The topological polar surface area (TPSA) is 137 Å². The third-order valence-electron chi connectivity index (χ3n) is 9.50. The number of pyridine rings is 2. The SMILES string of the molecule is CCC1(O)C(=O)OCc2c1cc1n(c2=O)Cc2cc3c(CN(C)C)c([C@@]45CCC(CNC4)N5C(=O)O)ccc3nc2-1. The number of nitrogens with zero attached hydrogens (tertiary/aromatic N) is 4. The van der Waals surface area contributed by atoms with Crippen molar-refractivity contribution in [2.45, 2.75) is 63.1 Å². The molecule has 1 aromatic carbocycles. The predicted molar refractivity (Wildman–Crippen MR) is 149 cm³/mol. The summed E-state index contributed by atoms with van der Waals surface area (Å²) in [5.41, 5.74) is 2.57. The molecule has 2 saturated heterocycles. The van der Waals surface area contributed by atoms with Gasteiger partial charge >= 0.3 is 12.1 Å². The molecule has 0 saturated carbocycles. The Bertz CT molecular complexity index is 1710. The molecule has 2 unspecified atom stereocenters. The maximum absolute atomic E-state index is 13.6. The lowest BCUT2D eigenvalue weighted by Crippen LogP contribution is -2.60. The van der Waals surface area contributed by atoms with Crippen molar-refractivity contribution in [1.29, 1.82) is 0 Å². The molecule has 2 fully saturated rings. The van der Waals surface area contributed by atoms with E-state index in [-0.39, 0.29) is 24.6 Å². The Hall–Kier alpha value is -3.80. The summed E-state index contributed by atoms with van der Waals surface area (Å²) in [7, 11) is 3.98. The van der Waals surface area contributed by atoms with Crippen LogP contribution >= 0.6 is 0 Å². The van der Waals surface area contributed by atoms with E-state index in [1.165, 1.54) is 0 Å². The number of aromatic nitrogens is 2. The molecular weight excluding hydrogens is 526 g/mol. The maximum atomic E-state index is 13.6. The van der Waals surface area contributed by atoms with E-state index in [1.54, 1.807) is 22.5 Å². The summed E-state index contributed by atoms with van der Waals surface area (Å²) in [6.07, 6.45) is 0.737. The Morgan fingerprint density at radius 1 is 1.24 bits per heavy atom. The van der Waals surface area contributed by atoms with Gasteiger partial charge in [0.1, 0.15) is 6.61 Å². The molecule has 11 heteroatoms. The number of carbonyl (C=O) groups excluding carboxylic acids is 1. The molecule has 0 radical (unpaired) electrons. The number of fused-ring (bicyclic) bond motifs is 7. The molecule has 3 aromatic rings. The molecule has 1 amide bonds. The number of rotatable bonds is 4. The molecule has 6 heterocycles. The second kappa shape index (κ2) is 8.85. The zero-order valence-electron chi connectivity index (χ0n) is 23.4. The number of amides is 1. The Labute approximate surface area is 236 Å². The molecule has 11 nitrogen and oxygen atoms in total. The number of ether oxygens (including phenoxy) is 1. The third-order valence-corrected chi connectivity index (χ3v) is 9.50. The zero-order chi connectivity index (χ0) is 28.8. The van der Waals surface area contributed by atoms with E-state index in [0.717, 1.165) is 40.4 Å². The lowest BCUT2D eigenvalue weighted by Gasteiger charge is -2.45. The molecule has 3 N–H and O–H groups in total. The van der Waals surface area contributed by atoms with Crippen LogP contribution in [0.25, 0.3) is 22.3 Å². The average molecular weight is 560 g/mol. The van der Waals surface area contributed by atoms with Crippen molar-refractivity contribution in [3.8, 4) is 11.4 Å². The van der Waals surface area contributed by atoms with Crippen molar-refractivity contribution in [3.63, 3.8) is 0 Å². The first-order valence-corrected chi connectivity index (χ1v) is 14.1. The molecule has 3 atom stereocenters. The van der Waals surface area contributed by atoms with Crippen molar-refractivity contribution in [3.05, 3.63) is 62.4 Å². The first-order valence-electron chi connectivity index (χ1n) is 14.1. The van der Waals surface area contributed by atoms with Crippen LogP contribution in [0.4, 0.5) is 4.79 Å². The number of piperazine rings is 1. The average Bonchev–Trinajstić information content (AvgIpc) is 3.41. The van der Waals surface area contributed by atoms with Gasteiger partial charge in [-0.1, -0.05) is 13.0 Å². The molecule has 7 rings (SSSR count). The standard InChI is InChI=1S/C30H33N5O6/c1-4-30(40)22-10-24-25-16(12-34(24)26(36)20(22)14-41-27(30)37)9-18-19(13-33(2)3)21(5-6-23(18)32-25)29-8-7-17(11-31-15-29)35(29)28(38)39/h5-6,9-10,17,31,40H,4,7-8,11-15H2,1-3H3,(H,38,39)/t17?,29-,30?/m1/s1. The highest BCUT2D eigenvalue weighted by Gasteiger charge is 2.53. The van der Waals surface area contributed by atoms with Gasteiger partial charge in [0.15, 0.2) is 5.60 Å². The van der Waals surface area contributed by atoms with E-state index in [2.05, 4.69) is 16.3 Å². The van der Waals surface area contributed by atoms with Gasteiger partial charge in [-0.3, -0.25) is 9.69 Å². The Morgan fingerprint density at radius 3 is 2.78 bits per heavy atom. The lowest BCUT2D eigenvalue weighted by atomic mass is 9.82.